The van der Waals surface area contributed by atoms with Gasteiger partial charge in [0.25, 0.3) is 10.0 Å². The Bertz CT molecular complexity index is 1070. The normalized spacial score (nSPS) is 11.2. The molecule has 0 atom stereocenters. The van der Waals surface area contributed by atoms with Crippen LogP contribution in [0.4, 0.5) is 5.69 Å². The SMILES string of the molecule is COc1ccc(S(=O)(=O)Nc2ccc(CSc3ccccc3)cc2C)cc1I. The van der Waals surface area contributed by atoms with E-state index in [1.54, 1.807) is 37.1 Å². The van der Waals surface area contributed by atoms with Gasteiger partial charge in [0, 0.05) is 10.6 Å². The molecule has 0 aliphatic carbocycles. The lowest BCUT2D eigenvalue weighted by atomic mass is 10.1. The van der Waals surface area contributed by atoms with Gasteiger partial charge in [-0.1, -0.05) is 30.3 Å². The van der Waals surface area contributed by atoms with Crippen molar-refractivity contribution in [2.45, 2.75) is 22.5 Å². The molecule has 7 heteroatoms. The Hall–Kier alpha value is -1.71. The minimum Gasteiger partial charge on any atom is -0.496 e. The molecule has 0 spiro atoms. The number of halogens is 1. The van der Waals surface area contributed by atoms with Crippen LogP contribution in [-0.4, -0.2) is 15.5 Å². The molecule has 0 aliphatic rings. The molecule has 3 rings (SSSR count). The van der Waals surface area contributed by atoms with Crippen molar-refractivity contribution >= 4 is 50.1 Å². The Morgan fingerprint density at radius 3 is 2.43 bits per heavy atom. The fourth-order valence-corrected chi connectivity index (χ4v) is 5.60. The average Bonchev–Trinajstić information content (AvgIpc) is 2.69. The van der Waals surface area contributed by atoms with Crippen molar-refractivity contribution in [2.75, 3.05) is 11.8 Å². The first-order valence-electron chi connectivity index (χ1n) is 8.53. The summed E-state index contributed by atoms with van der Waals surface area (Å²) in [5.41, 5.74) is 2.62. The number of ether oxygens (including phenoxy) is 1. The second-order valence-electron chi connectivity index (χ2n) is 6.15. The van der Waals surface area contributed by atoms with Gasteiger partial charge in [0.2, 0.25) is 0 Å². The Morgan fingerprint density at radius 1 is 1.04 bits per heavy atom. The highest BCUT2D eigenvalue weighted by Gasteiger charge is 2.17. The van der Waals surface area contributed by atoms with E-state index in [9.17, 15) is 8.42 Å². The first kappa shape index (κ1) is 21.0. The fraction of sp³-hybridized carbons (Fsp3) is 0.143. The van der Waals surface area contributed by atoms with Crippen LogP contribution in [0.5, 0.6) is 5.75 Å². The van der Waals surface area contributed by atoms with Gasteiger partial charge in [-0.2, -0.15) is 0 Å². The zero-order valence-electron chi connectivity index (χ0n) is 15.5. The first-order chi connectivity index (χ1) is 13.4. The minimum absolute atomic E-state index is 0.209. The van der Waals surface area contributed by atoms with E-state index in [1.807, 2.05) is 43.3 Å². The summed E-state index contributed by atoms with van der Waals surface area (Å²) < 4.78 is 34.1. The number of sulfonamides is 1. The maximum absolute atomic E-state index is 12.7. The van der Waals surface area contributed by atoms with Crippen LogP contribution in [0, 0.1) is 10.5 Å². The quantitative estimate of drug-likeness (QED) is 0.318. The van der Waals surface area contributed by atoms with E-state index in [0.717, 1.165) is 20.4 Å². The molecular weight excluding hydrogens is 505 g/mol. The Balaban J connectivity index is 1.74. The third kappa shape index (κ3) is 5.21. The van der Waals surface area contributed by atoms with Crippen molar-refractivity contribution < 1.29 is 13.2 Å². The number of rotatable bonds is 7. The molecule has 146 valence electrons. The monoisotopic (exact) mass is 525 g/mol. The molecule has 1 N–H and O–H groups in total. The summed E-state index contributed by atoms with van der Waals surface area (Å²) in [4.78, 5) is 1.42. The summed E-state index contributed by atoms with van der Waals surface area (Å²) in [7, 11) is -2.11. The molecule has 4 nitrogen and oxygen atoms in total. The number of anilines is 1. The van der Waals surface area contributed by atoms with Gasteiger partial charge in [-0.05, 0) is 77.0 Å². The molecule has 0 amide bonds. The van der Waals surface area contributed by atoms with Gasteiger partial charge < -0.3 is 4.74 Å². The highest BCUT2D eigenvalue weighted by atomic mass is 127. The van der Waals surface area contributed by atoms with E-state index in [2.05, 4.69) is 39.4 Å². The van der Waals surface area contributed by atoms with Crippen LogP contribution in [0.2, 0.25) is 0 Å². The highest BCUT2D eigenvalue weighted by Crippen LogP contribution is 2.28. The van der Waals surface area contributed by atoms with Gasteiger partial charge in [-0.15, -0.1) is 11.8 Å². The molecule has 0 saturated heterocycles. The molecule has 28 heavy (non-hydrogen) atoms. The number of benzene rings is 3. The molecule has 3 aromatic carbocycles. The van der Waals surface area contributed by atoms with Gasteiger partial charge in [0.15, 0.2) is 0 Å². The topological polar surface area (TPSA) is 55.4 Å². The zero-order chi connectivity index (χ0) is 20.1. The van der Waals surface area contributed by atoms with Gasteiger partial charge in [-0.25, -0.2) is 8.42 Å². The Kier molecular flexibility index (Phi) is 6.90. The maximum atomic E-state index is 12.7. The van der Waals surface area contributed by atoms with Gasteiger partial charge in [-0.3, -0.25) is 4.72 Å². The number of hydrogen-bond donors (Lipinski definition) is 1. The van der Waals surface area contributed by atoms with Crippen molar-refractivity contribution in [3.63, 3.8) is 0 Å². The van der Waals surface area contributed by atoms with Crippen molar-refractivity contribution in [3.05, 3.63) is 81.4 Å². The van der Waals surface area contributed by atoms with Crippen molar-refractivity contribution in [3.8, 4) is 5.75 Å². The standard InChI is InChI=1S/C21H20INO3S2/c1-15-12-16(14-27-17-6-4-3-5-7-17)8-10-20(15)23-28(24,25)18-9-11-21(26-2)19(22)13-18/h3-13,23H,14H2,1-2H3. The zero-order valence-corrected chi connectivity index (χ0v) is 19.3. The minimum atomic E-state index is -3.67. The van der Waals surface area contributed by atoms with Crippen LogP contribution in [0.1, 0.15) is 11.1 Å². The van der Waals surface area contributed by atoms with Crippen LogP contribution in [-0.2, 0) is 15.8 Å². The van der Waals surface area contributed by atoms with Gasteiger partial charge in [0.05, 0.1) is 21.3 Å². The molecule has 0 aromatic heterocycles. The van der Waals surface area contributed by atoms with Crippen molar-refractivity contribution in [2.24, 2.45) is 0 Å². The van der Waals surface area contributed by atoms with E-state index in [-0.39, 0.29) is 4.90 Å². The predicted octanol–water partition coefficient (Wildman–Crippen LogP) is 5.70. The number of aryl methyl sites for hydroxylation is 1. The molecule has 0 fully saturated rings. The van der Waals surface area contributed by atoms with Crippen LogP contribution >= 0.6 is 34.4 Å². The lowest BCUT2D eigenvalue weighted by molar-refractivity contribution is 0.411. The van der Waals surface area contributed by atoms with E-state index in [0.29, 0.717) is 11.4 Å². The Labute approximate surface area is 183 Å². The summed E-state index contributed by atoms with van der Waals surface area (Å²) in [6.07, 6.45) is 0. The van der Waals surface area contributed by atoms with Crippen molar-refractivity contribution in [1.82, 2.24) is 0 Å². The third-order valence-corrected chi connectivity index (χ3v) is 7.41. The summed E-state index contributed by atoms with van der Waals surface area (Å²) in [5.74, 6) is 1.48. The largest absolute Gasteiger partial charge is 0.496 e. The molecule has 0 radical (unpaired) electrons. The van der Waals surface area contributed by atoms with E-state index in [1.165, 1.54) is 4.90 Å². The molecule has 0 saturated carbocycles. The van der Waals surface area contributed by atoms with Crippen LogP contribution in [0.3, 0.4) is 0 Å². The second-order valence-corrected chi connectivity index (χ2v) is 10.0. The Morgan fingerprint density at radius 2 is 1.79 bits per heavy atom. The number of thioether (sulfide) groups is 1. The molecule has 0 aliphatic heterocycles. The molecular formula is C21H20INO3S2. The summed E-state index contributed by atoms with van der Waals surface area (Å²) in [6.45, 7) is 1.91. The third-order valence-electron chi connectivity index (χ3n) is 4.12. The van der Waals surface area contributed by atoms with E-state index < -0.39 is 10.0 Å². The molecule has 0 heterocycles. The maximum Gasteiger partial charge on any atom is 0.261 e. The summed E-state index contributed by atoms with van der Waals surface area (Å²) >= 11 is 3.81. The van der Waals surface area contributed by atoms with Crippen LogP contribution < -0.4 is 9.46 Å². The number of nitrogens with one attached hydrogen (secondary N) is 1. The molecule has 0 bridgehead atoms. The van der Waals surface area contributed by atoms with Crippen LogP contribution in [0.25, 0.3) is 0 Å². The van der Waals surface area contributed by atoms with Gasteiger partial charge in [0.1, 0.15) is 5.75 Å². The lowest BCUT2D eigenvalue weighted by Crippen LogP contribution is -2.14. The lowest BCUT2D eigenvalue weighted by Gasteiger charge is -2.13. The number of methoxy groups -OCH3 is 1. The van der Waals surface area contributed by atoms with Crippen LogP contribution in [0.15, 0.2) is 76.5 Å². The van der Waals surface area contributed by atoms with E-state index in [4.69, 9.17) is 4.74 Å². The van der Waals surface area contributed by atoms with Gasteiger partial charge >= 0.3 is 0 Å². The summed E-state index contributed by atoms with van der Waals surface area (Å²) in [6, 6.07) is 20.8. The van der Waals surface area contributed by atoms with E-state index >= 15 is 0 Å². The predicted molar refractivity (Wildman–Crippen MR) is 124 cm³/mol. The molecule has 0 unspecified atom stereocenters. The molecule has 3 aromatic rings. The average molecular weight is 525 g/mol. The second kappa shape index (κ2) is 9.19. The first-order valence-corrected chi connectivity index (χ1v) is 12.1. The van der Waals surface area contributed by atoms with Crippen molar-refractivity contribution in [1.29, 1.82) is 0 Å². The highest BCUT2D eigenvalue weighted by molar-refractivity contribution is 14.1. The number of hydrogen-bond acceptors (Lipinski definition) is 4. The fourth-order valence-electron chi connectivity index (χ4n) is 2.63. The smallest absolute Gasteiger partial charge is 0.261 e. The summed E-state index contributed by atoms with van der Waals surface area (Å²) in [5, 5.41) is 0.